The molecule has 5 nitrogen and oxygen atoms in total. The molecule has 0 spiro atoms. The number of nitrogens with zero attached hydrogens (tertiary/aromatic N) is 3. The van der Waals surface area contributed by atoms with E-state index in [2.05, 4.69) is 21.5 Å². The summed E-state index contributed by atoms with van der Waals surface area (Å²) in [5.74, 6) is 0.139. The fourth-order valence-corrected chi connectivity index (χ4v) is 3.34. The van der Waals surface area contributed by atoms with Crippen LogP contribution < -0.4 is 0 Å². The number of likely N-dealkylation sites (tertiary alicyclic amines) is 1. The summed E-state index contributed by atoms with van der Waals surface area (Å²) in [5.41, 5.74) is 1.20. The Morgan fingerprint density at radius 2 is 2.26 bits per heavy atom. The van der Waals surface area contributed by atoms with Crippen LogP contribution in [0, 0.1) is 5.92 Å². The van der Waals surface area contributed by atoms with Crippen LogP contribution in [0.4, 0.5) is 0 Å². The van der Waals surface area contributed by atoms with E-state index < -0.39 is 5.97 Å². The number of carboxylic acids is 1. The van der Waals surface area contributed by atoms with Gasteiger partial charge in [-0.15, -0.1) is 0 Å². The van der Waals surface area contributed by atoms with Crippen LogP contribution in [0.5, 0.6) is 0 Å². The molecule has 19 heavy (non-hydrogen) atoms. The Bertz CT molecular complexity index is 483. The molecule has 2 aliphatic heterocycles. The van der Waals surface area contributed by atoms with Crippen LogP contribution in [0.25, 0.3) is 0 Å². The lowest BCUT2D eigenvalue weighted by Crippen LogP contribution is -2.34. The number of hydrogen-bond acceptors (Lipinski definition) is 3. The van der Waals surface area contributed by atoms with Crippen LogP contribution in [-0.2, 0) is 17.8 Å². The van der Waals surface area contributed by atoms with Crippen LogP contribution >= 0.6 is 0 Å². The monoisotopic (exact) mass is 263 g/mol. The summed E-state index contributed by atoms with van der Waals surface area (Å²) >= 11 is 0. The zero-order valence-electron chi connectivity index (χ0n) is 11.4. The lowest BCUT2D eigenvalue weighted by molar-refractivity contribution is -0.142. The average molecular weight is 263 g/mol. The normalized spacial score (nSPS) is 28.1. The van der Waals surface area contributed by atoms with Crippen molar-refractivity contribution in [2.45, 2.75) is 44.7 Å². The van der Waals surface area contributed by atoms with Crippen molar-refractivity contribution in [3.05, 3.63) is 17.7 Å². The molecule has 1 N–H and O–H groups in total. The highest BCUT2D eigenvalue weighted by molar-refractivity contribution is 5.70. The van der Waals surface area contributed by atoms with Crippen molar-refractivity contribution in [2.75, 3.05) is 13.6 Å². The van der Waals surface area contributed by atoms with E-state index in [0.29, 0.717) is 12.6 Å². The molecular formula is C14H21N3O2. The molecule has 1 fully saturated rings. The first-order valence-electron chi connectivity index (χ1n) is 7.14. The lowest BCUT2D eigenvalue weighted by Gasteiger charge is -2.33. The second-order valence-electron chi connectivity index (χ2n) is 5.78. The minimum atomic E-state index is -0.678. The topological polar surface area (TPSA) is 58.4 Å². The fourth-order valence-electron chi connectivity index (χ4n) is 3.34. The Morgan fingerprint density at radius 1 is 1.42 bits per heavy atom. The Morgan fingerprint density at radius 3 is 3.00 bits per heavy atom. The van der Waals surface area contributed by atoms with Crippen molar-refractivity contribution < 1.29 is 9.90 Å². The number of rotatable bonds is 2. The Labute approximate surface area is 113 Å². The molecule has 2 atom stereocenters. The zero-order chi connectivity index (χ0) is 13.4. The molecule has 2 aliphatic rings. The maximum atomic E-state index is 11.2. The molecule has 104 valence electrons. The third kappa shape index (κ3) is 2.27. The van der Waals surface area contributed by atoms with E-state index in [4.69, 9.17) is 0 Å². The average Bonchev–Trinajstić information content (AvgIpc) is 2.82. The number of aryl methyl sites for hydroxylation is 1. The van der Waals surface area contributed by atoms with E-state index in [1.807, 2.05) is 6.20 Å². The minimum Gasteiger partial charge on any atom is -0.481 e. The van der Waals surface area contributed by atoms with Crippen LogP contribution in [0.1, 0.15) is 43.2 Å². The molecule has 1 aromatic rings. The number of carboxylic acid groups (broad SMARTS) is 1. The Hall–Kier alpha value is -1.36. The molecule has 3 heterocycles. The molecular weight excluding hydrogens is 242 g/mol. The molecule has 2 unspecified atom stereocenters. The number of fused-ring (bicyclic) bond motifs is 1. The van der Waals surface area contributed by atoms with Gasteiger partial charge in [0.25, 0.3) is 0 Å². The summed E-state index contributed by atoms with van der Waals surface area (Å²) in [6, 6.07) is 0.357. The van der Waals surface area contributed by atoms with Crippen molar-refractivity contribution in [2.24, 2.45) is 5.92 Å². The van der Waals surface area contributed by atoms with Crippen LogP contribution in [0.3, 0.4) is 0 Å². The van der Waals surface area contributed by atoms with Gasteiger partial charge in [0.05, 0.1) is 12.0 Å². The molecule has 0 radical (unpaired) electrons. The first-order chi connectivity index (χ1) is 9.16. The van der Waals surface area contributed by atoms with Crippen LogP contribution in [0.15, 0.2) is 6.20 Å². The Kier molecular flexibility index (Phi) is 3.31. The fraction of sp³-hybridized carbons (Fsp3) is 0.714. The molecule has 1 aromatic heterocycles. The summed E-state index contributed by atoms with van der Waals surface area (Å²) in [4.78, 5) is 18.1. The zero-order valence-corrected chi connectivity index (χ0v) is 11.4. The highest BCUT2D eigenvalue weighted by Gasteiger charge is 2.30. The summed E-state index contributed by atoms with van der Waals surface area (Å²) in [7, 11) is 2.14. The predicted octanol–water partition coefficient (Wildman–Crippen LogP) is 1.69. The summed E-state index contributed by atoms with van der Waals surface area (Å²) < 4.78 is 2.16. The summed E-state index contributed by atoms with van der Waals surface area (Å²) in [6.45, 7) is 1.69. The molecule has 0 amide bonds. The highest BCUT2D eigenvalue weighted by atomic mass is 16.4. The molecule has 0 aromatic carbocycles. The number of piperidine rings is 1. The third-order valence-corrected chi connectivity index (χ3v) is 4.54. The first-order valence-corrected chi connectivity index (χ1v) is 7.14. The number of carbonyl (C=O) groups is 1. The van der Waals surface area contributed by atoms with Gasteiger partial charge in [-0.3, -0.25) is 9.69 Å². The van der Waals surface area contributed by atoms with Gasteiger partial charge in [0.15, 0.2) is 0 Å². The summed E-state index contributed by atoms with van der Waals surface area (Å²) in [5, 5.41) is 9.21. The van der Waals surface area contributed by atoms with Gasteiger partial charge in [0.2, 0.25) is 0 Å². The number of hydrogen-bond donors (Lipinski definition) is 1. The van der Waals surface area contributed by atoms with E-state index in [-0.39, 0.29) is 5.92 Å². The smallest absolute Gasteiger partial charge is 0.308 e. The molecule has 1 saturated heterocycles. The molecule has 0 bridgehead atoms. The molecule has 0 aliphatic carbocycles. The second kappa shape index (κ2) is 4.96. The SMILES string of the molecule is CN1CCCCC1c1ncc2n1CC(C(=O)O)CC2. The van der Waals surface area contributed by atoms with Crippen LogP contribution in [-0.4, -0.2) is 39.1 Å². The van der Waals surface area contributed by atoms with E-state index in [1.165, 1.54) is 18.5 Å². The van der Waals surface area contributed by atoms with E-state index in [1.54, 1.807) is 0 Å². The molecule has 0 saturated carbocycles. The van der Waals surface area contributed by atoms with E-state index in [0.717, 1.165) is 31.6 Å². The number of imidazole rings is 1. The number of aromatic nitrogens is 2. The Balaban J connectivity index is 1.88. The molecule has 3 rings (SSSR count). The van der Waals surface area contributed by atoms with Gasteiger partial charge >= 0.3 is 5.97 Å². The quantitative estimate of drug-likeness (QED) is 0.882. The molecule has 5 heteroatoms. The van der Waals surface area contributed by atoms with E-state index in [9.17, 15) is 9.90 Å². The first kappa shape index (κ1) is 12.7. The number of aliphatic carboxylic acids is 1. The third-order valence-electron chi connectivity index (χ3n) is 4.54. The van der Waals surface area contributed by atoms with Crippen LogP contribution in [0.2, 0.25) is 0 Å². The van der Waals surface area contributed by atoms with E-state index >= 15 is 0 Å². The van der Waals surface area contributed by atoms with Gasteiger partial charge in [-0.05, 0) is 39.3 Å². The maximum Gasteiger partial charge on any atom is 0.308 e. The maximum absolute atomic E-state index is 11.2. The largest absolute Gasteiger partial charge is 0.481 e. The van der Waals surface area contributed by atoms with Gasteiger partial charge in [-0.2, -0.15) is 0 Å². The lowest BCUT2D eigenvalue weighted by atomic mass is 9.97. The van der Waals surface area contributed by atoms with Crippen molar-refractivity contribution >= 4 is 5.97 Å². The minimum absolute atomic E-state index is 0.255. The van der Waals surface area contributed by atoms with Gasteiger partial charge in [0, 0.05) is 18.4 Å². The van der Waals surface area contributed by atoms with Crippen molar-refractivity contribution in [1.29, 1.82) is 0 Å². The van der Waals surface area contributed by atoms with Gasteiger partial charge < -0.3 is 9.67 Å². The van der Waals surface area contributed by atoms with Gasteiger partial charge in [0.1, 0.15) is 5.82 Å². The summed E-state index contributed by atoms with van der Waals surface area (Å²) in [6.07, 6.45) is 7.12. The highest BCUT2D eigenvalue weighted by Crippen LogP contribution is 2.32. The predicted molar refractivity (Wildman–Crippen MR) is 70.9 cm³/mol. The van der Waals surface area contributed by atoms with Crippen molar-refractivity contribution in [3.8, 4) is 0 Å². The van der Waals surface area contributed by atoms with Crippen molar-refractivity contribution in [1.82, 2.24) is 14.5 Å². The van der Waals surface area contributed by atoms with Gasteiger partial charge in [-0.25, -0.2) is 4.98 Å². The van der Waals surface area contributed by atoms with Gasteiger partial charge in [-0.1, -0.05) is 6.42 Å². The standard InChI is InChI=1S/C14H21N3O2/c1-16-7-3-2-4-12(16)13-15-8-11-6-5-10(14(18)19)9-17(11)13/h8,10,12H,2-7,9H2,1H3,(H,18,19). The second-order valence-corrected chi connectivity index (χ2v) is 5.78. The van der Waals surface area contributed by atoms with Crippen molar-refractivity contribution in [3.63, 3.8) is 0 Å².